The van der Waals surface area contributed by atoms with Gasteiger partial charge in [-0.25, -0.2) is 0 Å². The van der Waals surface area contributed by atoms with E-state index in [2.05, 4.69) is 4.98 Å². The molecule has 0 radical (unpaired) electrons. The number of non-ortho nitro benzene ring substituents is 1. The van der Waals surface area contributed by atoms with Crippen LogP contribution in [0, 0.1) is 16.0 Å². The fraction of sp³-hybridized carbons (Fsp3) is 0.286. The summed E-state index contributed by atoms with van der Waals surface area (Å²) in [4.78, 5) is 28.2. The third-order valence-electron chi connectivity index (χ3n) is 3.85. The fourth-order valence-corrected chi connectivity index (χ4v) is 2.77. The number of nitrogens with two attached hydrogens (primary N) is 1. The van der Waals surface area contributed by atoms with Gasteiger partial charge < -0.3 is 10.6 Å². The van der Waals surface area contributed by atoms with Crippen LogP contribution in [0.5, 0.6) is 0 Å². The van der Waals surface area contributed by atoms with Gasteiger partial charge in [-0.3, -0.25) is 19.9 Å². The highest BCUT2D eigenvalue weighted by molar-refractivity contribution is 5.97. The summed E-state index contributed by atoms with van der Waals surface area (Å²) in [5, 5.41) is 11.6. The molecule has 1 aromatic heterocycles. The molecule has 0 bridgehead atoms. The highest BCUT2D eigenvalue weighted by Crippen LogP contribution is 2.34. The number of anilines is 1. The molecule has 0 unspecified atom stereocenters. The van der Waals surface area contributed by atoms with Crippen LogP contribution in [0.25, 0.3) is 10.9 Å². The van der Waals surface area contributed by atoms with Crippen LogP contribution in [0.3, 0.4) is 0 Å². The largest absolute Gasteiger partial charge is 0.369 e. The lowest BCUT2D eigenvalue weighted by molar-refractivity contribution is -0.383. The van der Waals surface area contributed by atoms with Crippen molar-refractivity contribution in [2.75, 3.05) is 18.0 Å². The number of aromatic nitrogens is 1. The maximum Gasteiger partial charge on any atom is 0.278 e. The van der Waals surface area contributed by atoms with Crippen molar-refractivity contribution in [2.45, 2.75) is 6.42 Å². The number of carbonyl (C=O) groups is 1. The predicted molar refractivity (Wildman–Crippen MR) is 77.9 cm³/mol. The van der Waals surface area contributed by atoms with Crippen molar-refractivity contribution in [1.29, 1.82) is 0 Å². The molecule has 3 rings (SSSR count). The van der Waals surface area contributed by atoms with Gasteiger partial charge in [-0.15, -0.1) is 0 Å². The zero-order valence-corrected chi connectivity index (χ0v) is 11.2. The summed E-state index contributed by atoms with van der Waals surface area (Å²) in [6.07, 6.45) is 2.30. The lowest BCUT2D eigenvalue weighted by Gasteiger charge is -2.19. The minimum Gasteiger partial charge on any atom is -0.369 e. The van der Waals surface area contributed by atoms with Gasteiger partial charge in [-0.05, 0) is 24.6 Å². The molecule has 2 N–H and O–H groups in total. The number of benzene rings is 1. The normalized spacial score (nSPS) is 18.1. The molecule has 1 aromatic carbocycles. The Labute approximate surface area is 120 Å². The summed E-state index contributed by atoms with van der Waals surface area (Å²) in [7, 11) is 0. The molecule has 2 heterocycles. The molecule has 1 atom stereocenters. The van der Waals surface area contributed by atoms with Gasteiger partial charge in [0.15, 0.2) is 0 Å². The Hall–Kier alpha value is -2.70. The number of nitrogens with zero attached hydrogens (tertiary/aromatic N) is 3. The Balaban J connectivity index is 2.07. The molecule has 7 nitrogen and oxygen atoms in total. The molecular formula is C14H14N4O3. The monoisotopic (exact) mass is 286 g/mol. The fourth-order valence-electron chi connectivity index (χ4n) is 2.77. The molecule has 1 amide bonds. The van der Waals surface area contributed by atoms with Crippen LogP contribution in [0.15, 0.2) is 30.5 Å². The van der Waals surface area contributed by atoms with Crippen molar-refractivity contribution in [1.82, 2.24) is 4.98 Å². The molecule has 0 saturated carbocycles. The molecule has 2 aromatic rings. The molecule has 1 fully saturated rings. The second-order valence-corrected chi connectivity index (χ2v) is 5.09. The Kier molecular flexibility index (Phi) is 3.17. The molecule has 108 valence electrons. The summed E-state index contributed by atoms with van der Waals surface area (Å²) in [6.45, 7) is 1.22. The SMILES string of the molecule is NC(=O)[C@@H]1CCN(c2ccc([N+](=O)[O-])c3cccnc23)C1. The van der Waals surface area contributed by atoms with E-state index in [-0.39, 0.29) is 17.5 Å². The van der Waals surface area contributed by atoms with Gasteiger partial charge in [0.25, 0.3) is 5.69 Å². The number of nitro benzene ring substituents is 1. The quantitative estimate of drug-likeness (QED) is 0.679. The first-order valence-electron chi connectivity index (χ1n) is 6.64. The zero-order chi connectivity index (χ0) is 15.0. The van der Waals surface area contributed by atoms with E-state index in [1.54, 1.807) is 24.4 Å². The Morgan fingerprint density at radius 3 is 2.90 bits per heavy atom. The maximum atomic E-state index is 11.3. The first kappa shape index (κ1) is 13.3. The second kappa shape index (κ2) is 5.01. The van der Waals surface area contributed by atoms with Crippen LogP contribution in [0.4, 0.5) is 11.4 Å². The average molecular weight is 286 g/mol. The second-order valence-electron chi connectivity index (χ2n) is 5.09. The first-order valence-corrected chi connectivity index (χ1v) is 6.64. The van der Waals surface area contributed by atoms with E-state index < -0.39 is 4.92 Å². The zero-order valence-electron chi connectivity index (χ0n) is 11.2. The summed E-state index contributed by atoms with van der Waals surface area (Å²) < 4.78 is 0. The maximum absolute atomic E-state index is 11.3. The number of fused-ring (bicyclic) bond motifs is 1. The van der Waals surface area contributed by atoms with Crippen LogP contribution in [0.1, 0.15) is 6.42 Å². The molecular weight excluding hydrogens is 272 g/mol. The Bertz CT molecular complexity index is 731. The van der Waals surface area contributed by atoms with Gasteiger partial charge in [0.05, 0.1) is 21.9 Å². The van der Waals surface area contributed by atoms with Gasteiger partial charge in [-0.1, -0.05) is 0 Å². The van der Waals surface area contributed by atoms with Gasteiger partial charge in [-0.2, -0.15) is 0 Å². The van der Waals surface area contributed by atoms with Crippen LogP contribution in [-0.2, 0) is 4.79 Å². The van der Waals surface area contributed by atoms with Gasteiger partial charge in [0.2, 0.25) is 5.91 Å². The number of hydrogen-bond donors (Lipinski definition) is 1. The highest BCUT2D eigenvalue weighted by Gasteiger charge is 2.28. The van der Waals surface area contributed by atoms with Crippen molar-refractivity contribution in [3.8, 4) is 0 Å². The summed E-state index contributed by atoms with van der Waals surface area (Å²) in [5.41, 5.74) is 6.76. The number of hydrogen-bond acceptors (Lipinski definition) is 5. The van der Waals surface area contributed by atoms with E-state index in [0.29, 0.717) is 30.4 Å². The van der Waals surface area contributed by atoms with E-state index in [9.17, 15) is 14.9 Å². The number of amides is 1. The van der Waals surface area contributed by atoms with Crippen LogP contribution < -0.4 is 10.6 Å². The third-order valence-corrected chi connectivity index (χ3v) is 3.85. The molecule has 1 aliphatic rings. The van der Waals surface area contributed by atoms with Gasteiger partial charge in [0.1, 0.15) is 5.52 Å². The molecule has 0 spiro atoms. The number of carbonyl (C=O) groups excluding carboxylic acids is 1. The molecule has 21 heavy (non-hydrogen) atoms. The van der Waals surface area contributed by atoms with Crippen LogP contribution >= 0.6 is 0 Å². The summed E-state index contributed by atoms with van der Waals surface area (Å²) in [5.74, 6) is -0.490. The Morgan fingerprint density at radius 2 is 2.24 bits per heavy atom. The molecule has 1 saturated heterocycles. The summed E-state index contributed by atoms with van der Waals surface area (Å²) in [6, 6.07) is 6.54. The van der Waals surface area contributed by atoms with Crippen molar-refractivity contribution < 1.29 is 9.72 Å². The van der Waals surface area contributed by atoms with E-state index in [0.717, 1.165) is 5.69 Å². The summed E-state index contributed by atoms with van der Waals surface area (Å²) >= 11 is 0. The average Bonchev–Trinajstić information content (AvgIpc) is 2.95. The first-order chi connectivity index (χ1) is 10.1. The minimum atomic E-state index is -0.413. The predicted octanol–water partition coefficient (Wildman–Crippen LogP) is 1.45. The number of nitro groups is 1. The van der Waals surface area contributed by atoms with Gasteiger partial charge in [0, 0.05) is 25.4 Å². The standard InChI is InChI=1S/C14H14N4O3/c15-14(19)9-5-7-17(8-9)12-4-3-11(18(20)21)10-2-1-6-16-13(10)12/h1-4,6,9H,5,7-8H2,(H2,15,19)/t9-/m1/s1. The number of primary amides is 1. The van der Waals surface area contributed by atoms with E-state index in [1.165, 1.54) is 6.07 Å². The van der Waals surface area contributed by atoms with Crippen molar-refractivity contribution in [3.63, 3.8) is 0 Å². The van der Waals surface area contributed by atoms with Crippen molar-refractivity contribution in [2.24, 2.45) is 11.7 Å². The van der Waals surface area contributed by atoms with E-state index in [1.807, 2.05) is 4.90 Å². The number of pyridine rings is 1. The van der Waals surface area contributed by atoms with Crippen LogP contribution in [0.2, 0.25) is 0 Å². The van der Waals surface area contributed by atoms with Gasteiger partial charge >= 0.3 is 0 Å². The lowest BCUT2D eigenvalue weighted by Crippen LogP contribution is -2.27. The number of rotatable bonds is 3. The smallest absolute Gasteiger partial charge is 0.278 e. The lowest BCUT2D eigenvalue weighted by atomic mass is 10.1. The van der Waals surface area contributed by atoms with Crippen molar-refractivity contribution in [3.05, 3.63) is 40.6 Å². The Morgan fingerprint density at radius 1 is 1.43 bits per heavy atom. The molecule has 7 heteroatoms. The van der Waals surface area contributed by atoms with E-state index in [4.69, 9.17) is 5.73 Å². The molecule has 0 aliphatic carbocycles. The van der Waals surface area contributed by atoms with Crippen molar-refractivity contribution >= 4 is 28.2 Å². The van der Waals surface area contributed by atoms with Crippen LogP contribution in [-0.4, -0.2) is 28.9 Å². The molecule has 1 aliphatic heterocycles. The highest BCUT2D eigenvalue weighted by atomic mass is 16.6. The van der Waals surface area contributed by atoms with E-state index >= 15 is 0 Å². The third kappa shape index (κ3) is 2.26. The topological polar surface area (TPSA) is 102 Å². The minimum absolute atomic E-state index is 0.0347.